The highest BCUT2D eigenvalue weighted by molar-refractivity contribution is 6.09. The molecule has 1 aromatic carbocycles. The maximum Gasteiger partial charge on any atom is 0.424 e. The van der Waals surface area contributed by atoms with E-state index in [2.05, 4.69) is 0 Å². The summed E-state index contributed by atoms with van der Waals surface area (Å²) in [5.74, 6) is -2.69. The van der Waals surface area contributed by atoms with Crippen molar-refractivity contribution in [3.63, 3.8) is 0 Å². The summed E-state index contributed by atoms with van der Waals surface area (Å²) in [6.07, 6.45) is -2.61. The van der Waals surface area contributed by atoms with Crippen LogP contribution in [-0.4, -0.2) is 33.5 Å². The van der Waals surface area contributed by atoms with E-state index >= 15 is 0 Å². The maximum absolute atomic E-state index is 14.3. The molecule has 0 bridgehead atoms. The Morgan fingerprint density at radius 1 is 0.962 bits per heavy atom. The molecule has 8 nitrogen and oxygen atoms in total. The van der Waals surface area contributed by atoms with Gasteiger partial charge < -0.3 is 9.47 Å². The van der Waals surface area contributed by atoms with Crippen LogP contribution in [0.4, 0.5) is 29.7 Å². The molecule has 10 heteroatoms. The second-order valence-electron chi connectivity index (χ2n) is 7.32. The lowest BCUT2D eigenvalue weighted by atomic mass is 10.2. The van der Waals surface area contributed by atoms with E-state index in [1.165, 1.54) is 41.5 Å². The smallest absolute Gasteiger partial charge is 0.424 e. The number of nitrogens with zero attached hydrogens (tertiary/aromatic N) is 2. The van der Waals surface area contributed by atoms with Crippen molar-refractivity contribution in [2.45, 2.75) is 52.7 Å². The summed E-state index contributed by atoms with van der Waals surface area (Å²) < 4.78 is 38.3. The van der Waals surface area contributed by atoms with Crippen molar-refractivity contribution in [2.75, 3.05) is 4.90 Å². The molecule has 0 heterocycles. The van der Waals surface area contributed by atoms with Crippen molar-refractivity contribution < 1.29 is 38.0 Å². The zero-order valence-electron chi connectivity index (χ0n) is 15.3. The Morgan fingerprint density at radius 3 is 1.73 bits per heavy atom. The molecule has 26 heavy (non-hydrogen) atoms. The monoisotopic (exact) mass is 375 g/mol. The summed E-state index contributed by atoms with van der Waals surface area (Å²) in [5, 5.41) is 8.76. The molecule has 0 aliphatic heterocycles. The van der Waals surface area contributed by atoms with Gasteiger partial charge in [-0.1, -0.05) is 0 Å². The van der Waals surface area contributed by atoms with E-state index in [4.69, 9.17) is 14.7 Å². The Labute approximate surface area is 148 Å². The fourth-order valence-electron chi connectivity index (χ4n) is 1.73. The number of carbonyl (C=O) groups is 2. The van der Waals surface area contributed by atoms with Crippen molar-refractivity contribution in [3.05, 3.63) is 28.7 Å². The van der Waals surface area contributed by atoms with Crippen molar-refractivity contribution in [3.8, 4) is 0 Å². The summed E-state index contributed by atoms with van der Waals surface area (Å²) in [6, 6.07) is 0.735. The summed E-state index contributed by atoms with van der Waals surface area (Å²) in [5.41, 5.74) is -3.94. The van der Waals surface area contributed by atoms with Gasteiger partial charge in [0.1, 0.15) is 11.2 Å². The SMILES string of the molecule is CC(C)(C)OC(=O)N(C(=O)OC(C)(C)C)c1cc(F)c([N+](=O)O)cc1F. The Bertz CT molecular complexity index is 709. The number of hydrogen-bond acceptors (Lipinski definition) is 5. The van der Waals surface area contributed by atoms with Gasteiger partial charge in [-0.05, 0) is 41.5 Å². The fraction of sp³-hybridized carbons (Fsp3) is 0.500. The number of ether oxygens (including phenoxy) is 2. The molecule has 0 spiro atoms. The Hall–Kier alpha value is -2.78. The second kappa shape index (κ2) is 7.22. The average Bonchev–Trinajstić information content (AvgIpc) is 2.37. The third-order valence-corrected chi connectivity index (χ3v) is 2.62. The number of amides is 2. The highest BCUT2D eigenvalue weighted by atomic mass is 19.1. The average molecular weight is 375 g/mol. The van der Waals surface area contributed by atoms with Gasteiger partial charge >= 0.3 is 17.9 Å². The van der Waals surface area contributed by atoms with Crippen molar-refractivity contribution in [1.82, 2.24) is 0 Å². The molecule has 1 aromatic rings. The molecule has 0 fully saturated rings. The Balaban J connectivity index is 3.45. The maximum atomic E-state index is 14.3. The van der Waals surface area contributed by atoms with Gasteiger partial charge in [-0.15, -0.1) is 0 Å². The molecule has 0 aliphatic rings. The summed E-state index contributed by atoms with van der Waals surface area (Å²) in [6.45, 7) is 9.08. The van der Waals surface area contributed by atoms with E-state index in [1.807, 2.05) is 0 Å². The van der Waals surface area contributed by atoms with E-state index in [-0.39, 0.29) is 4.90 Å². The van der Waals surface area contributed by atoms with Gasteiger partial charge in [0.2, 0.25) is 5.82 Å². The summed E-state index contributed by atoms with van der Waals surface area (Å²) >= 11 is 0. The highest BCUT2D eigenvalue weighted by Crippen LogP contribution is 2.29. The molecule has 0 saturated heterocycles. The lowest BCUT2D eigenvalue weighted by Crippen LogP contribution is -2.44. The van der Waals surface area contributed by atoms with Crippen LogP contribution in [0.5, 0.6) is 0 Å². The van der Waals surface area contributed by atoms with Gasteiger partial charge in [-0.25, -0.2) is 19.2 Å². The number of anilines is 1. The highest BCUT2D eigenvalue weighted by Gasteiger charge is 2.36. The quantitative estimate of drug-likeness (QED) is 0.768. The number of carbonyl (C=O) groups excluding carboxylic acids is 2. The van der Waals surface area contributed by atoms with Crippen LogP contribution in [0.25, 0.3) is 0 Å². The third-order valence-electron chi connectivity index (χ3n) is 2.62. The molecule has 0 atom stereocenters. The molecule has 2 amide bonds. The van der Waals surface area contributed by atoms with Gasteiger partial charge in [0.05, 0.1) is 16.7 Å². The number of imide groups is 1. The first kappa shape index (κ1) is 21.3. The van der Waals surface area contributed by atoms with Crippen LogP contribution in [0.15, 0.2) is 12.1 Å². The van der Waals surface area contributed by atoms with Crippen LogP contribution < -0.4 is 4.90 Å². The molecule has 0 aliphatic carbocycles. The van der Waals surface area contributed by atoms with E-state index in [0.29, 0.717) is 12.1 Å². The molecular weight excluding hydrogens is 354 g/mol. The van der Waals surface area contributed by atoms with Gasteiger partial charge in [-0.2, -0.15) is 9.29 Å². The number of rotatable bonds is 2. The third kappa shape index (κ3) is 5.64. The first-order valence-electron chi connectivity index (χ1n) is 7.53. The summed E-state index contributed by atoms with van der Waals surface area (Å²) in [7, 11) is 0. The molecule has 144 valence electrons. The normalized spacial score (nSPS) is 11.7. The van der Waals surface area contributed by atoms with Crippen LogP contribution in [0.2, 0.25) is 0 Å². The van der Waals surface area contributed by atoms with E-state index in [9.17, 15) is 23.3 Å². The predicted molar refractivity (Wildman–Crippen MR) is 86.4 cm³/mol. The van der Waals surface area contributed by atoms with E-state index in [1.54, 1.807) is 0 Å². The van der Waals surface area contributed by atoms with E-state index in [0.717, 1.165) is 0 Å². The first-order chi connectivity index (χ1) is 11.6. The molecule has 0 radical (unpaired) electrons. The molecule has 0 saturated carbocycles. The number of halogens is 2. The molecular formula is C16H21F2N2O6+. The van der Waals surface area contributed by atoms with Gasteiger partial charge in [0.15, 0.2) is 5.82 Å². The minimum atomic E-state index is -1.36. The van der Waals surface area contributed by atoms with E-state index < -0.39 is 51.3 Å². The number of benzene rings is 1. The predicted octanol–water partition coefficient (Wildman–Crippen LogP) is 4.44. The van der Waals surface area contributed by atoms with Gasteiger partial charge in [-0.3, -0.25) is 0 Å². The first-order valence-corrected chi connectivity index (χ1v) is 7.53. The molecule has 1 N–H and O–H groups in total. The fourth-order valence-corrected chi connectivity index (χ4v) is 1.73. The molecule has 0 unspecified atom stereocenters. The molecule has 1 rings (SSSR count). The summed E-state index contributed by atoms with van der Waals surface area (Å²) in [4.78, 5) is 34.8. The molecule has 0 aromatic heterocycles. The zero-order valence-corrected chi connectivity index (χ0v) is 15.3. The van der Waals surface area contributed by atoms with Gasteiger partial charge in [0.25, 0.3) is 4.92 Å². The van der Waals surface area contributed by atoms with Crippen LogP contribution in [0, 0.1) is 16.5 Å². The van der Waals surface area contributed by atoms with Crippen LogP contribution in [-0.2, 0) is 9.47 Å². The topological polar surface area (TPSA) is 96.2 Å². The minimum absolute atomic E-state index is 0.172. The second-order valence-corrected chi connectivity index (χ2v) is 7.32. The largest absolute Gasteiger partial charge is 0.443 e. The number of hydrogen-bond donors (Lipinski definition) is 1. The standard InChI is InChI=1S/C16H21F2N2O6/c1-15(2,3)25-13(21)19(14(22)26-16(4,5)6)11-7-10(18)12(20(23)24)8-9(11)17/h7-8H,1-6H3,(H,23,24)/q+1. The Kier molecular flexibility index (Phi) is 5.91. The Morgan fingerprint density at radius 2 is 1.38 bits per heavy atom. The van der Waals surface area contributed by atoms with Crippen LogP contribution >= 0.6 is 0 Å². The van der Waals surface area contributed by atoms with Crippen LogP contribution in [0.3, 0.4) is 0 Å². The van der Waals surface area contributed by atoms with Crippen molar-refractivity contribution >= 4 is 23.6 Å². The van der Waals surface area contributed by atoms with Crippen molar-refractivity contribution in [1.29, 1.82) is 0 Å². The van der Waals surface area contributed by atoms with Gasteiger partial charge in [0, 0.05) is 6.07 Å². The zero-order chi connectivity index (χ0) is 20.4. The lowest BCUT2D eigenvalue weighted by Gasteiger charge is -2.28. The van der Waals surface area contributed by atoms with Crippen LogP contribution in [0.1, 0.15) is 41.5 Å². The minimum Gasteiger partial charge on any atom is -0.443 e. The van der Waals surface area contributed by atoms with Crippen molar-refractivity contribution in [2.24, 2.45) is 0 Å². The lowest BCUT2D eigenvalue weighted by molar-refractivity contribution is -0.731.